The molecule has 2 aromatic carbocycles. The van der Waals surface area contributed by atoms with Gasteiger partial charge in [-0.05, 0) is 59.7 Å². The zero-order valence-corrected chi connectivity index (χ0v) is 14.8. The van der Waals surface area contributed by atoms with E-state index in [4.69, 9.17) is 0 Å². The van der Waals surface area contributed by atoms with Gasteiger partial charge in [-0.3, -0.25) is 14.8 Å². The number of hydrogen-bond acceptors (Lipinski definition) is 4. The summed E-state index contributed by atoms with van der Waals surface area (Å²) in [5.74, 6) is 0. The number of nitrogens with zero attached hydrogens (tertiary/aromatic N) is 1. The van der Waals surface area contributed by atoms with Crippen LogP contribution in [-0.2, 0) is 10.0 Å². The molecule has 0 spiro atoms. The monoisotopic (exact) mass is 432 g/mol. The Morgan fingerprint density at radius 3 is 2.41 bits per heavy atom. The molecule has 22 heavy (non-hydrogen) atoms. The molecule has 0 saturated carbocycles. The maximum atomic E-state index is 12.6. The molecule has 0 heterocycles. The van der Waals surface area contributed by atoms with E-state index >= 15 is 0 Å². The normalized spacial score (nSPS) is 11.2. The van der Waals surface area contributed by atoms with Crippen molar-refractivity contribution in [3.05, 3.63) is 61.2 Å². The molecule has 0 radical (unpaired) electrons. The summed E-state index contributed by atoms with van der Waals surface area (Å²) in [6, 6.07) is 9.36. The number of non-ortho nitro benzene ring substituents is 1. The van der Waals surface area contributed by atoms with Crippen molar-refractivity contribution in [3.8, 4) is 0 Å². The van der Waals surface area contributed by atoms with Gasteiger partial charge in [-0.2, -0.15) is 0 Å². The molecule has 0 saturated heterocycles. The van der Waals surface area contributed by atoms with Crippen molar-refractivity contribution in [1.82, 2.24) is 0 Å². The highest BCUT2D eigenvalue weighted by Gasteiger charge is 2.23. The van der Waals surface area contributed by atoms with Gasteiger partial charge < -0.3 is 0 Å². The van der Waals surface area contributed by atoms with Crippen LogP contribution < -0.4 is 4.72 Å². The van der Waals surface area contributed by atoms with Gasteiger partial charge in [0, 0.05) is 15.7 Å². The highest BCUT2D eigenvalue weighted by Crippen LogP contribution is 2.28. The number of anilines is 1. The fourth-order valence-corrected chi connectivity index (χ4v) is 4.06. The standard InChI is InChI=1S/C14H13IN2O4S/c1-9-7-11(17(18)19)8-14(10(9)2)22(20,21)16-13-6-4-3-5-12(13)15/h3-8,16H,1-2H3. The van der Waals surface area contributed by atoms with Crippen molar-refractivity contribution in [3.63, 3.8) is 0 Å². The SMILES string of the molecule is Cc1cc([N+](=O)[O-])cc(S(=O)(=O)Nc2ccccc2I)c1C. The van der Waals surface area contributed by atoms with Crippen LogP contribution >= 0.6 is 22.6 Å². The molecular formula is C14H13IN2O4S. The molecule has 0 bridgehead atoms. The van der Waals surface area contributed by atoms with Gasteiger partial charge >= 0.3 is 0 Å². The number of sulfonamides is 1. The second-order valence-electron chi connectivity index (χ2n) is 4.73. The molecule has 0 aromatic heterocycles. The summed E-state index contributed by atoms with van der Waals surface area (Å²) in [6.07, 6.45) is 0. The first kappa shape index (κ1) is 16.7. The molecular weight excluding hydrogens is 419 g/mol. The van der Waals surface area contributed by atoms with E-state index in [2.05, 4.69) is 4.72 Å². The minimum Gasteiger partial charge on any atom is -0.279 e. The van der Waals surface area contributed by atoms with Crippen molar-refractivity contribution in [1.29, 1.82) is 0 Å². The fourth-order valence-electron chi connectivity index (χ4n) is 1.94. The van der Waals surface area contributed by atoms with E-state index in [-0.39, 0.29) is 10.6 Å². The summed E-state index contributed by atoms with van der Waals surface area (Å²) >= 11 is 2.02. The van der Waals surface area contributed by atoms with E-state index in [9.17, 15) is 18.5 Å². The number of aryl methyl sites for hydroxylation is 1. The van der Waals surface area contributed by atoms with Gasteiger partial charge in [0.2, 0.25) is 0 Å². The Morgan fingerprint density at radius 1 is 1.18 bits per heavy atom. The van der Waals surface area contributed by atoms with Gasteiger partial charge in [0.05, 0.1) is 15.5 Å². The number of rotatable bonds is 4. The van der Waals surface area contributed by atoms with E-state index in [0.29, 0.717) is 16.8 Å². The molecule has 0 atom stereocenters. The lowest BCUT2D eigenvalue weighted by molar-refractivity contribution is -0.385. The Labute approximate surface area is 141 Å². The van der Waals surface area contributed by atoms with E-state index in [1.165, 1.54) is 6.07 Å². The van der Waals surface area contributed by atoms with E-state index in [1.807, 2.05) is 22.6 Å². The average Bonchev–Trinajstić information content (AvgIpc) is 2.43. The van der Waals surface area contributed by atoms with Crippen molar-refractivity contribution in [2.45, 2.75) is 18.7 Å². The minimum absolute atomic E-state index is 0.0844. The van der Waals surface area contributed by atoms with Gasteiger partial charge in [-0.25, -0.2) is 8.42 Å². The molecule has 0 aliphatic carbocycles. The molecule has 8 heteroatoms. The molecule has 0 fully saturated rings. The second kappa shape index (κ2) is 6.21. The molecule has 2 aromatic rings. The summed E-state index contributed by atoms with van der Waals surface area (Å²) in [5, 5.41) is 10.9. The third kappa shape index (κ3) is 3.38. The van der Waals surface area contributed by atoms with Gasteiger partial charge in [-0.15, -0.1) is 0 Å². The largest absolute Gasteiger partial charge is 0.279 e. The highest BCUT2D eigenvalue weighted by molar-refractivity contribution is 14.1. The molecule has 1 N–H and O–H groups in total. The Balaban J connectivity index is 2.54. The summed E-state index contributed by atoms with van der Waals surface area (Å²) in [6.45, 7) is 3.28. The topological polar surface area (TPSA) is 89.3 Å². The summed E-state index contributed by atoms with van der Waals surface area (Å²) in [4.78, 5) is 10.3. The van der Waals surface area contributed by atoms with Crippen LogP contribution in [0.4, 0.5) is 11.4 Å². The number of para-hydroxylation sites is 1. The van der Waals surface area contributed by atoms with Gasteiger partial charge in [0.1, 0.15) is 0 Å². The van der Waals surface area contributed by atoms with Gasteiger partial charge in [0.25, 0.3) is 15.7 Å². The predicted molar refractivity (Wildman–Crippen MR) is 92.5 cm³/mol. The van der Waals surface area contributed by atoms with E-state index in [1.54, 1.807) is 38.1 Å². The smallest absolute Gasteiger partial charge is 0.271 e. The van der Waals surface area contributed by atoms with E-state index in [0.717, 1.165) is 9.64 Å². The summed E-state index contributed by atoms with van der Waals surface area (Å²) < 4.78 is 28.3. The lowest BCUT2D eigenvalue weighted by atomic mass is 10.1. The first-order chi connectivity index (χ1) is 10.2. The predicted octanol–water partition coefficient (Wildman–Crippen LogP) is 3.62. The van der Waals surface area contributed by atoms with Crippen LogP contribution in [0.3, 0.4) is 0 Å². The van der Waals surface area contributed by atoms with Gasteiger partial charge in [-0.1, -0.05) is 12.1 Å². The molecule has 6 nitrogen and oxygen atoms in total. The molecule has 0 unspecified atom stereocenters. The van der Waals surface area contributed by atoms with Gasteiger partial charge in [0.15, 0.2) is 0 Å². The third-order valence-corrected chi connectivity index (χ3v) is 5.66. The van der Waals surface area contributed by atoms with Crippen LogP contribution in [0.2, 0.25) is 0 Å². The third-order valence-electron chi connectivity index (χ3n) is 3.22. The van der Waals surface area contributed by atoms with Crippen LogP contribution in [0.15, 0.2) is 41.3 Å². The molecule has 116 valence electrons. The molecule has 2 rings (SSSR count). The van der Waals surface area contributed by atoms with Crippen LogP contribution in [0.25, 0.3) is 0 Å². The van der Waals surface area contributed by atoms with Crippen molar-refractivity contribution < 1.29 is 13.3 Å². The molecule has 0 aliphatic rings. The zero-order valence-electron chi connectivity index (χ0n) is 11.8. The Kier molecular flexibility index (Phi) is 4.71. The Hall–Kier alpha value is -1.68. The summed E-state index contributed by atoms with van der Waals surface area (Å²) in [7, 11) is -3.90. The number of hydrogen-bond donors (Lipinski definition) is 1. The van der Waals surface area contributed by atoms with E-state index < -0.39 is 14.9 Å². The number of nitro groups is 1. The molecule has 0 amide bonds. The molecule has 0 aliphatic heterocycles. The Bertz CT molecular complexity index is 850. The number of nitro benzene ring substituents is 1. The van der Waals surface area contributed by atoms with Crippen LogP contribution in [0.5, 0.6) is 0 Å². The number of halogens is 1. The fraction of sp³-hybridized carbons (Fsp3) is 0.143. The van der Waals surface area contributed by atoms with Crippen molar-refractivity contribution in [2.24, 2.45) is 0 Å². The maximum absolute atomic E-state index is 12.6. The summed E-state index contributed by atoms with van der Waals surface area (Å²) in [5.41, 5.74) is 1.24. The average molecular weight is 432 g/mol. The van der Waals surface area contributed by atoms with Crippen molar-refractivity contribution >= 4 is 44.0 Å². The lowest BCUT2D eigenvalue weighted by Crippen LogP contribution is -2.16. The zero-order chi connectivity index (χ0) is 16.5. The maximum Gasteiger partial charge on any atom is 0.271 e. The Morgan fingerprint density at radius 2 is 1.82 bits per heavy atom. The highest BCUT2D eigenvalue weighted by atomic mass is 127. The van der Waals surface area contributed by atoms with Crippen LogP contribution in [-0.4, -0.2) is 13.3 Å². The lowest BCUT2D eigenvalue weighted by Gasteiger charge is -2.13. The van der Waals surface area contributed by atoms with Crippen molar-refractivity contribution in [2.75, 3.05) is 4.72 Å². The van der Waals surface area contributed by atoms with Crippen LogP contribution in [0.1, 0.15) is 11.1 Å². The second-order valence-corrected chi connectivity index (χ2v) is 7.54. The van der Waals surface area contributed by atoms with Crippen LogP contribution in [0, 0.1) is 27.5 Å². The number of benzene rings is 2. The first-order valence-corrected chi connectivity index (χ1v) is 8.81. The number of nitrogens with one attached hydrogen (secondary N) is 1. The quantitative estimate of drug-likeness (QED) is 0.454. The minimum atomic E-state index is -3.90. The first-order valence-electron chi connectivity index (χ1n) is 6.25.